The van der Waals surface area contributed by atoms with Gasteiger partial charge in [-0.2, -0.15) is 0 Å². The fourth-order valence-corrected chi connectivity index (χ4v) is 3.96. The number of amides is 1. The Hall–Kier alpha value is -1.45. The predicted octanol–water partition coefficient (Wildman–Crippen LogP) is 1.55. The first-order chi connectivity index (χ1) is 10.3. The number of hydrogen-bond acceptors (Lipinski definition) is 7. The van der Waals surface area contributed by atoms with Crippen molar-refractivity contribution < 1.29 is 13.2 Å². The van der Waals surface area contributed by atoms with Gasteiger partial charge in [-0.3, -0.25) is 4.79 Å². The van der Waals surface area contributed by atoms with E-state index in [1.807, 2.05) is 17.5 Å². The molecule has 0 aromatic carbocycles. The molecule has 1 amide bonds. The lowest BCUT2D eigenvalue weighted by Gasteiger charge is -2.04. The summed E-state index contributed by atoms with van der Waals surface area (Å²) in [5, 5.41) is 5.06. The lowest BCUT2D eigenvalue weighted by molar-refractivity contribution is -0.120. The Labute approximate surface area is 137 Å². The number of nitrogens with one attached hydrogen (secondary N) is 1. The molecule has 0 radical (unpaired) electrons. The van der Waals surface area contributed by atoms with Crippen LogP contribution in [-0.4, -0.2) is 37.9 Å². The summed E-state index contributed by atoms with van der Waals surface area (Å²) in [6, 6.07) is 3.91. The molecule has 0 aliphatic rings. The number of carbonyl (C=O) groups excluding carboxylic acids is 1. The van der Waals surface area contributed by atoms with Gasteiger partial charge in [-0.05, 0) is 17.9 Å². The van der Waals surface area contributed by atoms with Gasteiger partial charge in [0.1, 0.15) is 9.84 Å². The average Bonchev–Trinajstić information content (AvgIpc) is 3.03. The normalized spacial score (nSPS) is 11.5. The minimum Gasteiger partial charge on any atom is -0.375 e. The van der Waals surface area contributed by atoms with Crippen molar-refractivity contribution in [1.29, 1.82) is 0 Å². The highest BCUT2D eigenvalue weighted by Gasteiger charge is 2.14. The van der Waals surface area contributed by atoms with Crippen molar-refractivity contribution in [2.75, 3.05) is 24.3 Å². The molecule has 0 unspecified atom stereocenters. The van der Waals surface area contributed by atoms with Gasteiger partial charge in [0.15, 0.2) is 5.13 Å². The van der Waals surface area contributed by atoms with E-state index in [0.717, 1.165) is 21.7 Å². The fraction of sp³-hybridized carbons (Fsp3) is 0.385. The first kappa shape index (κ1) is 16.9. The smallest absolute Gasteiger partial charge is 0.220 e. The van der Waals surface area contributed by atoms with E-state index in [2.05, 4.69) is 10.3 Å². The Morgan fingerprint density at radius 2 is 2.23 bits per heavy atom. The van der Waals surface area contributed by atoms with Gasteiger partial charge in [-0.1, -0.05) is 6.07 Å². The van der Waals surface area contributed by atoms with Gasteiger partial charge in [0.2, 0.25) is 5.91 Å². The second kappa shape index (κ2) is 7.21. The second-order valence-electron chi connectivity index (χ2n) is 4.78. The van der Waals surface area contributed by atoms with Crippen molar-refractivity contribution in [3.8, 4) is 10.6 Å². The number of hydrogen-bond donors (Lipinski definition) is 2. The van der Waals surface area contributed by atoms with Crippen molar-refractivity contribution in [3.05, 3.63) is 22.4 Å². The van der Waals surface area contributed by atoms with Crippen LogP contribution in [0.2, 0.25) is 0 Å². The van der Waals surface area contributed by atoms with Crippen molar-refractivity contribution >= 4 is 43.5 Å². The van der Waals surface area contributed by atoms with Crippen LogP contribution in [0.3, 0.4) is 0 Å². The van der Waals surface area contributed by atoms with Crippen LogP contribution in [0.15, 0.2) is 17.5 Å². The van der Waals surface area contributed by atoms with Gasteiger partial charge in [-0.15, -0.1) is 22.7 Å². The van der Waals surface area contributed by atoms with E-state index in [1.165, 1.54) is 11.3 Å². The van der Waals surface area contributed by atoms with E-state index >= 15 is 0 Å². The molecule has 2 heterocycles. The summed E-state index contributed by atoms with van der Waals surface area (Å²) < 4.78 is 22.0. The minimum atomic E-state index is -3.06. The Balaban J connectivity index is 1.91. The third-order valence-corrected chi connectivity index (χ3v) is 5.61. The highest BCUT2D eigenvalue weighted by atomic mass is 32.2. The number of aromatic nitrogens is 1. The zero-order valence-electron chi connectivity index (χ0n) is 12.0. The van der Waals surface area contributed by atoms with Gasteiger partial charge in [0.25, 0.3) is 0 Å². The molecule has 2 aromatic heterocycles. The maximum Gasteiger partial charge on any atom is 0.220 e. The Bertz CT molecular complexity index is 736. The largest absolute Gasteiger partial charge is 0.375 e. The third-order valence-electron chi connectivity index (χ3n) is 2.84. The van der Waals surface area contributed by atoms with E-state index in [4.69, 9.17) is 5.73 Å². The van der Waals surface area contributed by atoms with E-state index in [9.17, 15) is 13.2 Å². The molecule has 120 valence electrons. The van der Waals surface area contributed by atoms with Crippen molar-refractivity contribution in [2.45, 2.75) is 12.8 Å². The molecule has 0 fully saturated rings. The lowest BCUT2D eigenvalue weighted by Crippen LogP contribution is -2.28. The molecule has 9 heteroatoms. The molecule has 6 nitrogen and oxygen atoms in total. The summed E-state index contributed by atoms with van der Waals surface area (Å²) in [5.41, 5.74) is 6.60. The van der Waals surface area contributed by atoms with Crippen LogP contribution in [-0.2, 0) is 21.1 Å². The van der Waals surface area contributed by atoms with Crippen LogP contribution in [0.4, 0.5) is 5.13 Å². The highest BCUT2D eigenvalue weighted by Crippen LogP contribution is 2.33. The molecule has 3 N–H and O–H groups in total. The molecule has 0 bridgehead atoms. The quantitative estimate of drug-likeness (QED) is 0.781. The van der Waals surface area contributed by atoms with E-state index in [1.54, 1.807) is 11.3 Å². The standard InChI is InChI=1S/C13H17N3O3S3/c1-22(18,19)8-6-15-11(17)5-4-10-12(16-13(14)21-10)9-3-2-7-20-9/h2-3,7H,4-6,8H2,1H3,(H2,14,16)(H,15,17). The van der Waals surface area contributed by atoms with Gasteiger partial charge >= 0.3 is 0 Å². The molecular formula is C13H17N3O3S3. The molecule has 2 rings (SSSR count). The molecule has 0 saturated heterocycles. The topological polar surface area (TPSA) is 102 Å². The SMILES string of the molecule is CS(=O)(=O)CCNC(=O)CCc1sc(N)nc1-c1cccs1. The fourth-order valence-electron chi connectivity index (χ4n) is 1.84. The van der Waals surface area contributed by atoms with E-state index < -0.39 is 9.84 Å². The number of thiazole rings is 1. The Morgan fingerprint density at radius 3 is 2.86 bits per heavy atom. The number of anilines is 1. The zero-order valence-corrected chi connectivity index (χ0v) is 14.5. The van der Waals surface area contributed by atoms with E-state index in [-0.39, 0.29) is 24.6 Å². The molecule has 0 atom stereocenters. The van der Waals surface area contributed by atoms with Crippen molar-refractivity contribution in [1.82, 2.24) is 10.3 Å². The predicted molar refractivity (Wildman–Crippen MR) is 90.9 cm³/mol. The number of nitrogens with zero attached hydrogens (tertiary/aromatic N) is 1. The van der Waals surface area contributed by atoms with Gasteiger partial charge in [0.05, 0.1) is 16.3 Å². The summed E-state index contributed by atoms with van der Waals surface area (Å²) >= 11 is 2.96. The molecule has 22 heavy (non-hydrogen) atoms. The number of nitrogen functional groups attached to an aromatic ring is 1. The van der Waals surface area contributed by atoms with Crippen LogP contribution in [0, 0.1) is 0 Å². The molecule has 2 aromatic rings. The summed E-state index contributed by atoms with van der Waals surface area (Å²) in [7, 11) is -3.06. The molecule has 0 spiro atoms. The van der Waals surface area contributed by atoms with Crippen molar-refractivity contribution in [3.63, 3.8) is 0 Å². The maximum absolute atomic E-state index is 11.8. The van der Waals surface area contributed by atoms with Gasteiger partial charge < -0.3 is 11.1 Å². The summed E-state index contributed by atoms with van der Waals surface area (Å²) in [6.07, 6.45) is 1.96. The number of rotatable bonds is 7. The zero-order chi connectivity index (χ0) is 16.2. The molecule has 0 aliphatic carbocycles. The average molecular weight is 359 g/mol. The van der Waals surface area contributed by atoms with Crippen LogP contribution < -0.4 is 11.1 Å². The van der Waals surface area contributed by atoms with Crippen LogP contribution in [0.25, 0.3) is 10.6 Å². The second-order valence-corrected chi connectivity index (χ2v) is 9.10. The number of carbonyl (C=O) groups is 1. The minimum absolute atomic E-state index is 0.0489. The summed E-state index contributed by atoms with van der Waals surface area (Å²) in [4.78, 5) is 18.1. The molecule has 0 saturated carbocycles. The lowest BCUT2D eigenvalue weighted by atomic mass is 10.2. The Kier molecular flexibility index (Phi) is 5.54. The maximum atomic E-state index is 11.8. The molecule has 0 aliphatic heterocycles. The van der Waals surface area contributed by atoms with Crippen molar-refractivity contribution in [2.24, 2.45) is 0 Å². The number of aryl methyl sites for hydroxylation is 1. The number of thiophene rings is 1. The van der Waals surface area contributed by atoms with Gasteiger partial charge in [-0.25, -0.2) is 13.4 Å². The number of sulfone groups is 1. The van der Waals surface area contributed by atoms with Crippen LogP contribution in [0.1, 0.15) is 11.3 Å². The third kappa shape index (κ3) is 5.08. The van der Waals surface area contributed by atoms with E-state index in [0.29, 0.717) is 11.6 Å². The van der Waals surface area contributed by atoms with Gasteiger partial charge in [0, 0.05) is 24.1 Å². The number of nitrogens with two attached hydrogens (primary N) is 1. The molecular weight excluding hydrogens is 342 g/mol. The first-order valence-corrected chi connectivity index (χ1v) is 10.3. The first-order valence-electron chi connectivity index (χ1n) is 6.58. The summed E-state index contributed by atoms with van der Waals surface area (Å²) in [5.74, 6) is -0.222. The Morgan fingerprint density at radius 1 is 1.45 bits per heavy atom. The summed E-state index contributed by atoms with van der Waals surface area (Å²) in [6.45, 7) is 0.139. The highest BCUT2D eigenvalue weighted by molar-refractivity contribution is 7.90. The van der Waals surface area contributed by atoms with Crippen LogP contribution >= 0.6 is 22.7 Å². The van der Waals surface area contributed by atoms with Crippen LogP contribution in [0.5, 0.6) is 0 Å². The monoisotopic (exact) mass is 359 g/mol.